The van der Waals surface area contributed by atoms with Crippen LogP contribution >= 0.6 is 0 Å². The fraction of sp³-hybridized carbons (Fsp3) is 0.682. The standard InChI is InChI=1S/C22H34O3S/c1-16(2)19-10-6-17(7-11-19)14-21(23)20-12-8-18(9-13-20)15-26(24,25)22(3,4)5/h6-7,10-11,16,18,20H,8-9,12-15H2,1-5H3. The molecule has 26 heavy (non-hydrogen) atoms. The minimum absolute atomic E-state index is 0.0911. The molecule has 0 aliphatic heterocycles. The molecule has 0 radical (unpaired) electrons. The van der Waals surface area contributed by atoms with Gasteiger partial charge < -0.3 is 0 Å². The molecule has 0 heterocycles. The number of hydrogen-bond acceptors (Lipinski definition) is 3. The Balaban J connectivity index is 1.86. The van der Waals surface area contributed by atoms with Gasteiger partial charge in [-0.2, -0.15) is 0 Å². The van der Waals surface area contributed by atoms with E-state index >= 15 is 0 Å². The van der Waals surface area contributed by atoms with Gasteiger partial charge in [-0.05, 0) is 69.4 Å². The molecule has 1 aromatic rings. The first-order valence-electron chi connectivity index (χ1n) is 9.83. The average molecular weight is 379 g/mol. The second-order valence-corrected chi connectivity index (χ2v) is 11.9. The van der Waals surface area contributed by atoms with E-state index in [1.165, 1.54) is 5.56 Å². The lowest BCUT2D eigenvalue weighted by Crippen LogP contribution is -2.35. The summed E-state index contributed by atoms with van der Waals surface area (Å²) in [5.41, 5.74) is 2.37. The second kappa shape index (κ2) is 8.24. The highest BCUT2D eigenvalue weighted by Gasteiger charge is 2.34. The van der Waals surface area contributed by atoms with E-state index < -0.39 is 14.6 Å². The van der Waals surface area contributed by atoms with Gasteiger partial charge in [0.25, 0.3) is 0 Å². The number of benzene rings is 1. The Morgan fingerprint density at radius 1 is 1.04 bits per heavy atom. The van der Waals surface area contributed by atoms with E-state index in [1.807, 2.05) is 0 Å². The minimum Gasteiger partial charge on any atom is -0.299 e. The van der Waals surface area contributed by atoms with E-state index in [0.29, 0.717) is 18.1 Å². The molecule has 0 saturated heterocycles. The van der Waals surface area contributed by atoms with Gasteiger partial charge in [-0.25, -0.2) is 8.42 Å². The number of carbonyl (C=O) groups excluding carboxylic acids is 1. The number of hydrogen-bond donors (Lipinski definition) is 0. The molecule has 1 saturated carbocycles. The third-order valence-corrected chi connectivity index (χ3v) is 8.49. The highest BCUT2D eigenvalue weighted by molar-refractivity contribution is 7.92. The highest BCUT2D eigenvalue weighted by atomic mass is 32.2. The van der Waals surface area contributed by atoms with Crippen LogP contribution in [-0.4, -0.2) is 24.7 Å². The van der Waals surface area contributed by atoms with E-state index in [2.05, 4.69) is 38.1 Å². The Morgan fingerprint density at radius 3 is 2.04 bits per heavy atom. The van der Waals surface area contributed by atoms with Crippen LogP contribution in [0.2, 0.25) is 0 Å². The van der Waals surface area contributed by atoms with Crippen molar-refractivity contribution < 1.29 is 13.2 Å². The van der Waals surface area contributed by atoms with Crippen LogP contribution in [0, 0.1) is 11.8 Å². The number of sulfone groups is 1. The smallest absolute Gasteiger partial charge is 0.155 e. The third kappa shape index (κ3) is 5.42. The van der Waals surface area contributed by atoms with Crippen molar-refractivity contribution in [1.82, 2.24) is 0 Å². The van der Waals surface area contributed by atoms with Gasteiger partial charge in [0.1, 0.15) is 5.78 Å². The van der Waals surface area contributed by atoms with Crippen LogP contribution in [0.1, 0.15) is 77.3 Å². The monoisotopic (exact) mass is 378 g/mol. The summed E-state index contributed by atoms with van der Waals surface area (Å²) in [5.74, 6) is 1.36. The first-order chi connectivity index (χ1) is 12.0. The first kappa shape index (κ1) is 21.1. The summed E-state index contributed by atoms with van der Waals surface area (Å²) in [7, 11) is -3.08. The summed E-state index contributed by atoms with van der Waals surface area (Å²) in [6.07, 6.45) is 3.84. The summed E-state index contributed by atoms with van der Waals surface area (Å²) in [4.78, 5) is 12.6. The summed E-state index contributed by atoms with van der Waals surface area (Å²) < 4.78 is 24.1. The van der Waals surface area contributed by atoms with E-state index in [4.69, 9.17) is 0 Å². The molecular weight excluding hydrogens is 344 g/mol. The van der Waals surface area contributed by atoms with Crippen molar-refractivity contribution >= 4 is 15.6 Å². The summed E-state index contributed by atoms with van der Waals surface area (Å²) in [5, 5.41) is 0. The van der Waals surface area contributed by atoms with Gasteiger partial charge in [-0.3, -0.25) is 4.79 Å². The zero-order valence-corrected chi connectivity index (χ0v) is 17.7. The fourth-order valence-electron chi connectivity index (χ4n) is 3.58. The molecular formula is C22H34O3S. The fourth-order valence-corrected chi connectivity index (χ4v) is 5.03. The Morgan fingerprint density at radius 2 is 1.58 bits per heavy atom. The highest BCUT2D eigenvalue weighted by Crippen LogP contribution is 2.33. The van der Waals surface area contributed by atoms with Crippen molar-refractivity contribution in [1.29, 1.82) is 0 Å². The maximum absolute atomic E-state index is 12.6. The third-order valence-electron chi connectivity index (χ3n) is 5.71. The molecule has 4 heteroatoms. The average Bonchev–Trinajstić information content (AvgIpc) is 2.54. The predicted octanol–water partition coefficient (Wildman–Crippen LogP) is 4.94. The molecule has 1 fully saturated rings. The molecule has 0 aromatic heterocycles. The molecule has 0 N–H and O–H groups in total. The lowest BCUT2D eigenvalue weighted by atomic mass is 9.79. The van der Waals surface area contributed by atoms with Crippen molar-refractivity contribution in [3.63, 3.8) is 0 Å². The maximum Gasteiger partial charge on any atom is 0.155 e. The Bertz CT molecular complexity index is 701. The molecule has 2 rings (SSSR count). The van der Waals surface area contributed by atoms with Gasteiger partial charge in [-0.1, -0.05) is 38.1 Å². The number of Topliss-reactive ketones (excluding diaryl/α,β-unsaturated/α-hetero) is 1. The number of ketones is 1. The van der Waals surface area contributed by atoms with Gasteiger partial charge in [0, 0.05) is 12.3 Å². The van der Waals surface area contributed by atoms with Gasteiger partial charge in [-0.15, -0.1) is 0 Å². The largest absolute Gasteiger partial charge is 0.299 e. The van der Waals surface area contributed by atoms with E-state index in [-0.39, 0.29) is 17.6 Å². The summed E-state index contributed by atoms with van der Waals surface area (Å²) in [6, 6.07) is 8.35. The molecule has 0 spiro atoms. The van der Waals surface area contributed by atoms with Crippen LogP contribution in [-0.2, 0) is 21.1 Å². The molecule has 1 aliphatic carbocycles. The molecule has 0 atom stereocenters. The van der Waals surface area contributed by atoms with Gasteiger partial charge in [0.15, 0.2) is 9.84 Å². The molecule has 0 unspecified atom stereocenters. The normalized spacial score (nSPS) is 21.8. The molecule has 1 aliphatic rings. The zero-order valence-electron chi connectivity index (χ0n) is 16.9. The van der Waals surface area contributed by atoms with Crippen LogP contribution in [0.25, 0.3) is 0 Å². The van der Waals surface area contributed by atoms with Crippen LogP contribution in [0.5, 0.6) is 0 Å². The maximum atomic E-state index is 12.6. The topological polar surface area (TPSA) is 51.2 Å². The Kier molecular flexibility index (Phi) is 6.70. The quantitative estimate of drug-likeness (QED) is 0.704. The van der Waals surface area contributed by atoms with E-state index in [0.717, 1.165) is 31.2 Å². The van der Waals surface area contributed by atoms with Crippen molar-refractivity contribution in [3.05, 3.63) is 35.4 Å². The van der Waals surface area contributed by atoms with E-state index in [1.54, 1.807) is 20.8 Å². The Hall–Kier alpha value is -1.16. The Labute approximate surface area is 159 Å². The van der Waals surface area contributed by atoms with Crippen LogP contribution in [0.3, 0.4) is 0 Å². The van der Waals surface area contributed by atoms with Crippen LogP contribution in [0.4, 0.5) is 0 Å². The first-order valence-corrected chi connectivity index (χ1v) is 11.5. The van der Waals surface area contributed by atoms with Gasteiger partial charge >= 0.3 is 0 Å². The molecule has 3 nitrogen and oxygen atoms in total. The molecule has 146 valence electrons. The molecule has 0 bridgehead atoms. The van der Waals surface area contributed by atoms with Crippen molar-refractivity contribution in [2.75, 3.05) is 5.75 Å². The van der Waals surface area contributed by atoms with Crippen molar-refractivity contribution in [2.45, 2.75) is 77.4 Å². The summed E-state index contributed by atoms with van der Waals surface area (Å²) >= 11 is 0. The molecule has 1 aromatic carbocycles. The van der Waals surface area contributed by atoms with Gasteiger partial charge in [0.05, 0.1) is 10.5 Å². The summed E-state index contributed by atoms with van der Waals surface area (Å²) in [6.45, 7) is 9.63. The minimum atomic E-state index is -3.08. The van der Waals surface area contributed by atoms with Gasteiger partial charge in [0.2, 0.25) is 0 Å². The predicted molar refractivity (Wildman–Crippen MR) is 108 cm³/mol. The van der Waals surface area contributed by atoms with Crippen molar-refractivity contribution in [2.24, 2.45) is 11.8 Å². The number of carbonyl (C=O) groups is 1. The molecule has 0 amide bonds. The lowest BCUT2D eigenvalue weighted by molar-refractivity contribution is -0.123. The lowest BCUT2D eigenvalue weighted by Gasteiger charge is -2.30. The van der Waals surface area contributed by atoms with Crippen LogP contribution in [0.15, 0.2) is 24.3 Å². The second-order valence-electron chi connectivity index (χ2n) is 9.15. The van der Waals surface area contributed by atoms with Crippen molar-refractivity contribution in [3.8, 4) is 0 Å². The van der Waals surface area contributed by atoms with E-state index in [9.17, 15) is 13.2 Å². The zero-order chi connectivity index (χ0) is 19.5. The number of rotatable bonds is 6. The van der Waals surface area contributed by atoms with Crippen LogP contribution < -0.4 is 0 Å². The SMILES string of the molecule is CC(C)c1ccc(CC(=O)C2CCC(CS(=O)(=O)C(C)(C)C)CC2)cc1.